The quantitative estimate of drug-likeness (QED) is 0.131. The minimum atomic E-state index is -0.725. The second-order valence-corrected chi connectivity index (χ2v) is 9.90. The molecule has 9 heteroatoms. The third kappa shape index (κ3) is 6.39. The summed E-state index contributed by atoms with van der Waals surface area (Å²) in [4.78, 5) is 52.2. The monoisotopic (exact) mass is 612 g/mol. The summed E-state index contributed by atoms with van der Waals surface area (Å²) in [5.41, 5.74) is 0.699. The van der Waals surface area contributed by atoms with E-state index in [-0.39, 0.29) is 50.9 Å². The van der Waals surface area contributed by atoms with Crippen LogP contribution in [0.4, 0.5) is 0 Å². The van der Waals surface area contributed by atoms with Crippen LogP contribution in [-0.4, -0.2) is 25.0 Å². The lowest BCUT2D eigenvalue weighted by atomic mass is 10.1. The zero-order valence-electron chi connectivity index (χ0n) is 24.3. The summed E-state index contributed by atoms with van der Waals surface area (Å²) < 4.78 is 28.4. The van der Waals surface area contributed by atoms with E-state index < -0.39 is 23.3 Å². The number of rotatable bonds is 8. The summed E-state index contributed by atoms with van der Waals surface area (Å²) in [6.07, 6.45) is 0. The molecule has 0 aliphatic carbocycles. The molecule has 0 saturated heterocycles. The van der Waals surface area contributed by atoms with E-state index in [0.717, 1.165) is 0 Å². The molecule has 0 unspecified atom stereocenters. The molecule has 1 aromatic heterocycles. The first-order chi connectivity index (χ1) is 22.4. The number of esters is 3. The molecule has 1 heterocycles. The Morgan fingerprint density at radius 2 is 1.07 bits per heavy atom. The molecule has 0 spiro atoms. The third-order valence-electron chi connectivity index (χ3n) is 6.86. The van der Waals surface area contributed by atoms with Crippen molar-refractivity contribution < 1.29 is 37.7 Å². The van der Waals surface area contributed by atoms with Crippen LogP contribution < -0.4 is 24.4 Å². The van der Waals surface area contributed by atoms with Gasteiger partial charge in [0.05, 0.1) is 23.8 Å². The van der Waals surface area contributed by atoms with Crippen molar-refractivity contribution in [3.8, 4) is 34.3 Å². The number of hydrogen-bond donors (Lipinski definition) is 0. The molecule has 6 rings (SSSR count). The van der Waals surface area contributed by atoms with Gasteiger partial charge in [-0.2, -0.15) is 0 Å². The van der Waals surface area contributed by atoms with E-state index >= 15 is 0 Å². The Bertz CT molecular complexity index is 2120. The minimum Gasteiger partial charge on any atom is -0.493 e. The van der Waals surface area contributed by atoms with Gasteiger partial charge in [0.2, 0.25) is 0 Å². The van der Waals surface area contributed by atoms with Gasteiger partial charge in [-0.15, -0.1) is 0 Å². The zero-order valence-corrected chi connectivity index (χ0v) is 24.3. The fourth-order valence-electron chi connectivity index (χ4n) is 4.63. The molecule has 0 fully saturated rings. The number of hydrogen-bond acceptors (Lipinski definition) is 9. The Hall–Kier alpha value is -6.48. The van der Waals surface area contributed by atoms with Crippen LogP contribution >= 0.6 is 0 Å². The van der Waals surface area contributed by atoms with Crippen molar-refractivity contribution in [2.45, 2.75) is 0 Å². The minimum absolute atomic E-state index is 0.0182. The van der Waals surface area contributed by atoms with Crippen molar-refractivity contribution in [3.05, 3.63) is 154 Å². The Morgan fingerprint density at radius 3 is 1.61 bits per heavy atom. The lowest BCUT2D eigenvalue weighted by Gasteiger charge is -2.13. The van der Waals surface area contributed by atoms with Gasteiger partial charge in [0.25, 0.3) is 0 Å². The second-order valence-electron chi connectivity index (χ2n) is 9.90. The molecule has 0 radical (unpaired) electrons. The first-order valence-electron chi connectivity index (χ1n) is 14.0. The summed E-state index contributed by atoms with van der Waals surface area (Å²) in [5.74, 6) is -1.70. The van der Waals surface area contributed by atoms with Gasteiger partial charge in [-0.25, -0.2) is 14.4 Å². The maximum Gasteiger partial charge on any atom is 0.343 e. The SMILES string of the molecule is COc1ccc(-c2cc(=O)c3c(OC(=O)c4ccccc4)cc(OC(=O)c4ccccc4)cc3o2)cc1OC(=O)c1ccccc1. The molecule has 6 aromatic rings. The van der Waals surface area contributed by atoms with E-state index in [4.69, 9.17) is 23.4 Å². The highest BCUT2D eigenvalue weighted by atomic mass is 16.6. The Morgan fingerprint density at radius 1 is 0.543 bits per heavy atom. The van der Waals surface area contributed by atoms with Gasteiger partial charge in [-0.3, -0.25) is 4.79 Å². The molecule has 226 valence electrons. The largest absolute Gasteiger partial charge is 0.493 e. The van der Waals surface area contributed by atoms with Crippen LogP contribution in [0.5, 0.6) is 23.0 Å². The van der Waals surface area contributed by atoms with Crippen LogP contribution in [0.25, 0.3) is 22.3 Å². The maximum absolute atomic E-state index is 13.6. The molecule has 9 nitrogen and oxygen atoms in total. The smallest absolute Gasteiger partial charge is 0.343 e. The molecule has 0 N–H and O–H groups in total. The first-order valence-corrected chi connectivity index (χ1v) is 14.0. The average Bonchev–Trinajstić information content (AvgIpc) is 3.09. The zero-order chi connectivity index (χ0) is 32.0. The molecular weight excluding hydrogens is 588 g/mol. The normalized spacial score (nSPS) is 10.6. The summed E-state index contributed by atoms with van der Waals surface area (Å²) in [5, 5.41) is -0.0446. The molecule has 0 aliphatic rings. The van der Waals surface area contributed by atoms with Gasteiger partial charge in [-0.1, -0.05) is 54.6 Å². The van der Waals surface area contributed by atoms with Crippen molar-refractivity contribution in [1.82, 2.24) is 0 Å². The van der Waals surface area contributed by atoms with Gasteiger partial charge in [0.1, 0.15) is 28.2 Å². The molecule has 5 aromatic carbocycles. The highest BCUT2D eigenvalue weighted by Crippen LogP contribution is 2.36. The Kier molecular flexibility index (Phi) is 8.38. The van der Waals surface area contributed by atoms with E-state index in [2.05, 4.69) is 0 Å². The third-order valence-corrected chi connectivity index (χ3v) is 6.86. The fraction of sp³-hybridized carbons (Fsp3) is 0.0270. The van der Waals surface area contributed by atoms with Crippen LogP contribution in [0.3, 0.4) is 0 Å². The van der Waals surface area contributed by atoms with Gasteiger partial charge in [0.15, 0.2) is 16.9 Å². The predicted octanol–water partition coefficient (Wildman–Crippen LogP) is 7.13. The second kappa shape index (κ2) is 13.0. The van der Waals surface area contributed by atoms with E-state index in [0.29, 0.717) is 11.1 Å². The van der Waals surface area contributed by atoms with E-state index in [1.807, 2.05) is 0 Å². The number of benzene rings is 5. The van der Waals surface area contributed by atoms with Crippen molar-refractivity contribution in [3.63, 3.8) is 0 Å². The first kappa shape index (κ1) is 29.6. The number of fused-ring (bicyclic) bond motifs is 1. The summed E-state index contributed by atoms with van der Waals surface area (Å²) in [6.45, 7) is 0. The van der Waals surface area contributed by atoms with Gasteiger partial charge in [0, 0.05) is 23.8 Å². The highest BCUT2D eigenvalue weighted by molar-refractivity contribution is 5.96. The fourth-order valence-corrected chi connectivity index (χ4v) is 4.63. The topological polar surface area (TPSA) is 118 Å². The van der Waals surface area contributed by atoms with Crippen molar-refractivity contribution in [2.24, 2.45) is 0 Å². The Balaban J connectivity index is 1.42. The van der Waals surface area contributed by atoms with Crippen LogP contribution in [0.1, 0.15) is 31.1 Å². The molecule has 0 atom stereocenters. The van der Waals surface area contributed by atoms with Crippen LogP contribution in [0.2, 0.25) is 0 Å². The van der Waals surface area contributed by atoms with Crippen molar-refractivity contribution in [1.29, 1.82) is 0 Å². The molecular formula is C37H24O9. The molecule has 0 amide bonds. The number of methoxy groups -OCH3 is 1. The Labute approximate surface area is 262 Å². The highest BCUT2D eigenvalue weighted by Gasteiger charge is 2.21. The van der Waals surface area contributed by atoms with Crippen molar-refractivity contribution >= 4 is 28.9 Å². The average molecular weight is 613 g/mol. The van der Waals surface area contributed by atoms with Gasteiger partial charge in [-0.05, 0) is 54.6 Å². The number of carbonyl (C=O) groups is 3. The number of carbonyl (C=O) groups excluding carboxylic acids is 3. The standard InChI is InChI=1S/C37H24O9/c1-42-29-18-17-26(19-31(29)45-36(40)24-13-7-3-8-14-24)30-22-28(38)34-32(44-30)20-27(43-35(39)23-11-5-2-6-12-23)21-33(34)46-37(41)25-15-9-4-10-16-25/h2-22H,1H3. The predicted molar refractivity (Wildman–Crippen MR) is 169 cm³/mol. The van der Waals surface area contributed by atoms with Crippen LogP contribution in [0, 0.1) is 0 Å². The lowest BCUT2D eigenvalue weighted by molar-refractivity contribution is 0.0718. The van der Waals surface area contributed by atoms with E-state index in [1.165, 1.54) is 31.4 Å². The molecule has 0 aliphatic heterocycles. The van der Waals surface area contributed by atoms with Crippen molar-refractivity contribution in [2.75, 3.05) is 7.11 Å². The molecule has 0 bridgehead atoms. The summed E-state index contributed by atoms with van der Waals surface area (Å²) in [6, 6.07) is 33.5. The van der Waals surface area contributed by atoms with E-state index in [1.54, 1.807) is 103 Å². The summed E-state index contributed by atoms with van der Waals surface area (Å²) >= 11 is 0. The summed E-state index contributed by atoms with van der Waals surface area (Å²) in [7, 11) is 1.43. The number of ether oxygens (including phenoxy) is 4. The maximum atomic E-state index is 13.6. The van der Waals surface area contributed by atoms with Crippen LogP contribution in [0.15, 0.2) is 137 Å². The van der Waals surface area contributed by atoms with E-state index in [9.17, 15) is 19.2 Å². The van der Waals surface area contributed by atoms with Gasteiger partial charge < -0.3 is 23.4 Å². The molecule has 46 heavy (non-hydrogen) atoms. The van der Waals surface area contributed by atoms with Gasteiger partial charge >= 0.3 is 17.9 Å². The molecule has 0 saturated carbocycles. The lowest BCUT2D eigenvalue weighted by Crippen LogP contribution is -2.13. The van der Waals surface area contributed by atoms with Crippen LogP contribution in [-0.2, 0) is 0 Å².